The predicted octanol–water partition coefficient (Wildman–Crippen LogP) is 4.30. The van der Waals surface area contributed by atoms with Gasteiger partial charge < -0.3 is 10.4 Å². The zero-order chi connectivity index (χ0) is 18.7. The van der Waals surface area contributed by atoms with Crippen LogP contribution < -0.4 is 10.0 Å². The summed E-state index contributed by atoms with van der Waals surface area (Å²) in [6, 6.07) is 15.8. The van der Waals surface area contributed by atoms with Crippen LogP contribution in [-0.4, -0.2) is 19.5 Å². The highest BCUT2D eigenvalue weighted by atomic mass is 32.2. The third kappa shape index (κ3) is 4.04. The molecule has 0 aliphatic heterocycles. The molecule has 3 N–H and O–H groups in total. The Balaban J connectivity index is 1.87. The molecule has 0 spiro atoms. The van der Waals surface area contributed by atoms with Crippen LogP contribution in [0, 0.1) is 6.92 Å². The number of anilines is 3. The Bertz CT molecular complexity index is 1040. The molecule has 8 heteroatoms. The molecule has 0 radical (unpaired) electrons. The first-order chi connectivity index (χ1) is 12.3. The lowest BCUT2D eigenvalue weighted by Crippen LogP contribution is -2.13. The number of thiophene rings is 1. The number of nitrogens with one attached hydrogen (secondary N) is 2. The van der Waals surface area contributed by atoms with Crippen molar-refractivity contribution in [3.63, 3.8) is 0 Å². The first-order valence-corrected chi connectivity index (χ1v) is 9.99. The molecule has 0 unspecified atom stereocenters. The van der Waals surface area contributed by atoms with E-state index in [1.807, 2.05) is 31.2 Å². The summed E-state index contributed by atoms with van der Waals surface area (Å²) >= 11 is 0.869. The molecule has 0 amide bonds. The van der Waals surface area contributed by atoms with Crippen LogP contribution in [0.3, 0.4) is 0 Å². The van der Waals surface area contributed by atoms with E-state index in [1.54, 1.807) is 24.3 Å². The smallest absolute Gasteiger partial charge is 0.345 e. The van der Waals surface area contributed by atoms with Gasteiger partial charge in [-0.05, 0) is 37.3 Å². The Morgan fingerprint density at radius 1 is 1.04 bits per heavy atom. The molecule has 3 rings (SSSR count). The second-order valence-electron chi connectivity index (χ2n) is 5.59. The second-order valence-corrected chi connectivity index (χ2v) is 8.19. The van der Waals surface area contributed by atoms with Gasteiger partial charge in [0.25, 0.3) is 10.0 Å². The standard InChI is InChI=1S/C18H16N2O4S2/c1-12-6-8-13(9-7-12)19-15-4-2-3-5-16(15)20-26(23,24)14-10-17(18(21)22)25-11-14/h2-11,19-20H,1H3,(H,21,22). The number of aryl methyl sites for hydroxylation is 1. The maximum atomic E-state index is 12.6. The summed E-state index contributed by atoms with van der Waals surface area (Å²) in [6.07, 6.45) is 0. The topological polar surface area (TPSA) is 95.5 Å². The number of carboxylic acid groups (broad SMARTS) is 1. The van der Waals surface area contributed by atoms with Crippen molar-refractivity contribution >= 4 is 44.4 Å². The number of hydrogen-bond donors (Lipinski definition) is 3. The fourth-order valence-corrected chi connectivity index (χ4v) is 4.44. The fraction of sp³-hybridized carbons (Fsp3) is 0.0556. The highest BCUT2D eigenvalue weighted by molar-refractivity contribution is 7.92. The van der Waals surface area contributed by atoms with Crippen molar-refractivity contribution in [2.45, 2.75) is 11.8 Å². The number of rotatable bonds is 6. The average Bonchev–Trinajstić information content (AvgIpc) is 3.10. The first-order valence-electron chi connectivity index (χ1n) is 7.62. The summed E-state index contributed by atoms with van der Waals surface area (Å²) in [5.74, 6) is -1.15. The molecule has 0 bridgehead atoms. The van der Waals surface area contributed by atoms with Gasteiger partial charge in [0.1, 0.15) is 4.88 Å². The summed E-state index contributed by atoms with van der Waals surface area (Å²) in [7, 11) is -3.89. The number of aromatic carboxylic acids is 1. The minimum absolute atomic E-state index is 0.0311. The fourth-order valence-electron chi connectivity index (χ4n) is 2.25. The van der Waals surface area contributed by atoms with Gasteiger partial charge in [0.15, 0.2) is 0 Å². The van der Waals surface area contributed by atoms with Crippen LogP contribution >= 0.6 is 11.3 Å². The van der Waals surface area contributed by atoms with Gasteiger partial charge in [-0.1, -0.05) is 29.8 Å². The molecular formula is C18H16N2O4S2. The summed E-state index contributed by atoms with van der Waals surface area (Å²) in [6.45, 7) is 1.98. The number of benzene rings is 2. The SMILES string of the molecule is Cc1ccc(Nc2ccccc2NS(=O)(=O)c2csc(C(=O)O)c2)cc1. The van der Waals surface area contributed by atoms with Crippen molar-refractivity contribution in [2.75, 3.05) is 10.0 Å². The second kappa shape index (κ2) is 7.19. The van der Waals surface area contributed by atoms with Crippen LogP contribution in [0.25, 0.3) is 0 Å². The lowest BCUT2D eigenvalue weighted by molar-refractivity contribution is 0.0702. The molecule has 0 aliphatic carbocycles. The molecule has 26 heavy (non-hydrogen) atoms. The molecule has 3 aromatic rings. The summed E-state index contributed by atoms with van der Waals surface area (Å²) in [5, 5.41) is 13.5. The monoisotopic (exact) mass is 388 g/mol. The van der Waals surface area contributed by atoms with Crippen LogP contribution in [0.1, 0.15) is 15.2 Å². The van der Waals surface area contributed by atoms with Gasteiger partial charge in [0.05, 0.1) is 16.3 Å². The zero-order valence-corrected chi connectivity index (χ0v) is 15.4. The number of carboxylic acids is 1. The zero-order valence-electron chi connectivity index (χ0n) is 13.8. The maximum Gasteiger partial charge on any atom is 0.345 e. The van der Waals surface area contributed by atoms with Crippen LogP contribution in [-0.2, 0) is 10.0 Å². The van der Waals surface area contributed by atoms with E-state index in [4.69, 9.17) is 5.11 Å². The van der Waals surface area contributed by atoms with Gasteiger partial charge in [-0.2, -0.15) is 0 Å². The third-order valence-electron chi connectivity index (χ3n) is 3.60. The van der Waals surface area contributed by atoms with Crippen LogP contribution in [0.4, 0.5) is 17.1 Å². The van der Waals surface area contributed by atoms with Gasteiger partial charge in [0.2, 0.25) is 0 Å². The van der Waals surface area contributed by atoms with Crippen LogP contribution in [0.15, 0.2) is 64.9 Å². The maximum absolute atomic E-state index is 12.6. The minimum atomic E-state index is -3.89. The van der Waals surface area contributed by atoms with E-state index in [2.05, 4.69) is 10.0 Å². The van der Waals surface area contributed by atoms with E-state index in [-0.39, 0.29) is 9.77 Å². The lowest BCUT2D eigenvalue weighted by atomic mass is 10.2. The summed E-state index contributed by atoms with van der Waals surface area (Å²) in [5.41, 5.74) is 2.91. The molecule has 1 heterocycles. The number of hydrogen-bond acceptors (Lipinski definition) is 5. The van der Waals surface area contributed by atoms with Gasteiger partial charge in [0, 0.05) is 11.1 Å². The van der Waals surface area contributed by atoms with Gasteiger partial charge in [-0.3, -0.25) is 4.72 Å². The molecule has 0 saturated carbocycles. The number of para-hydroxylation sites is 2. The van der Waals surface area contributed by atoms with Crippen molar-refractivity contribution in [3.05, 3.63) is 70.4 Å². The summed E-state index contributed by atoms with van der Waals surface area (Å²) in [4.78, 5) is 10.9. The van der Waals surface area contributed by atoms with E-state index in [9.17, 15) is 13.2 Å². The largest absolute Gasteiger partial charge is 0.477 e. The molecule has 134 valence electrons. The molecule has 1 aromatic heterocycles. The lowest BCUT2D eigenvalue weighted by Gasteiger charge is -2.14. The van der Waals surface area contributed by atoms with E-state index in [0.29, 0.717) is 11.4 Å². The average molecular weight is 388 g/mol. The van der Waals surface area contributed by atoms with Gasteiger partial charge in [-0.15, -0.1) is 11.3 Å². The van der Waals surface area contributed by atoms with E-state index in [0.717, 1.165) is 28.7 Å². The van der Waals surface area contributed by atoms with E-state index < -0.39 is 16.0 Å². The summed E-state index contributed by atoms with van der Waals surface area (Å²) < 4.78 is 27.6. The highest BCUT2D eigenvalue weighted by Gasteiger charge is 2.19. The Kier molecular flexibility index (Phi) is 4.97. The Morgan fingerprint density at radius 3 is 2.31 bits per heavy atom. The van der Waals surface area contributed by atoms with Crippen molar-refractivity contribution < 1.29 is 18.3 Å². The van der Waals surface area contributed by atoms with Crippen molar-refractivity contribution in [1.29, 1.82) is 0 Å². The van der Waals surface area contributed by atoms with Gasteiger partial charge >= 0.3 is 5.97 Å². The van der Waals surface area contributed by atoms with Crippen molar-refractivity contribution in [3.8, 4) is 0 Å². The molecule has 0 fully saturated rings. The number of carbonyl (C=O) groups is 1. The van der Waals surface area contributed by atoms with Crippen molar-refractivity contribution in [1.82, 2.24) is 0 Å². The Hall–Kier alpha value is -2.84. The molecule has 2 aromatic carbocycles. The third-order valence-corrected chi connectivity index (χ3v) is 6.01. The highest BCUT2D eigenvalue weighted by Crippen LogP contribution is 2.29. The van der Waals surface area contributed by atoms with Crippen LogP contribution in [0.2, 0.25) is 0 Å². The van der Waals surface area contributed by atoms with E-state index in [1.165, 1.54) is 5.38 Å². The first kappa shape index (κ1) is 18.0. The minimum Gasteiger partial charge on any atom is -0.477 e. The van der Waals surface area contributed by atoms with Gasteiger partial charge in [-0.25, -0.2) is 13.2 Å². The van der Waals surface area contributed by atoms with E-state index >= 15 is 0 Å². The molecular weight excluding hydrogens is 372 g/mol. The Morgan fingerprint density at radius 2 is 1.69 bits per heavy atom. The molecule has 0 aliphatic rings. The van der Waals surface area contributed by atoms with Crippen LogP contribution in [0.5, 0.6) is 0 Å². The normalized spacial score (nSPS) is 11.1. The molecule has 0 atom stereocenters. The molecule has 0 saturated heterocycles. The number of sulfonamides is 1. The molecule has 6 nitrogen and oxygen atoms in total. The predicted molar refractivity (Wildman–Crippen MR) is 103 cm³/mol. The Labute approximate surface area is 155 Å². The van der Waals surface area contributed by atoms with Crippen molar-refractivity contribution in [2.24, 2.45) is 0 Å². The quantitative estimate of drug-likeness (QED) is 0.585.